The van der Waals surface area contributed by atoms with E-state index in [0.717, 1.165) is 5.56 Å². The summed E-state index contributed by atoms with van der Waals surface area (Å²) in [6.45, 7) is 0. The van der Waals surface area contributed by atoms with Crippen LogP contribution in [0, 0.1) is 11.3 Å². The van der Waals surface area contributed by atoms with E-state index in [4.69, 9.17) is 0 Å². The molecule has 0 saturated heterocycles. The Balaban J connectivity index is 1.99. The molecule has 0 bridgehead atoms. The van der Waals surface area contributed by atoms with Crippen molar-refractivity contribution in [3.8, 4) is 6.07 Å². The fourth-order valence-electron chi connectivity index (χ4n) is 2.75. The van der Waals surface area contributed by atoms with Gasteiger partial charge in [0, 0.05) is 6.04 Å². The summed E-state index contributed by atoms with van der Waals surface area (Å²) in [6.07, 6.45) is 10.5. The van der Waals surface area contributed by atoms with Crippen molar-refractivity contribution in [2.24, 2.45) is 0 Å². The van der Waals surface area contributed by atoms with Crippen LogP contribution in [0.25, 0.3) is 6.08 Å². The standard InChI is InChI=1S/C17H22N2/c1-19(16-10-6-3-7-11-16)17(14-18)13-12-15-8-4-2-5-9-15/h2,4-5,8-9,12-13,16-17H,3,6-7,10-11H2,1H3. The van der Waals surface area contributed by atoms with Crippen LogP contribution in [0.15, 0.2) is 36.4 Å². The number of nitrogens with zero attached hydrogens (tertiary/aromatic N) is 2. The number of likely N-dealkylation sites (N-methyl/N-ethyl adjacent to an activating group) is 1. The molecule has 1 aliphatic rings. The second-order valence-corrected chi connectivity index (χ2v) is 5.30. The zero-order valence-corrected chi connectivity index (χ0v) is 11.6. The molecular formula is C17H22N2. The van der Waals surface area contributed by atoms with Crippen LogP contribution in [-0.4, -0.2) is 24.0 Å². The molecule has 0 amide bonds. The molecule has 19 heavy (non-hydrogen) atoms. The molecule has 2 rings (SSSR count). The van der Waals surface area contributed by atoms with Crippen LogP contribution >= 0.6 is 0 Å². The summed E-state index contributed by atoms with van der Waals surface area (Å²) in [5.74, 6) is 0. The van der Waals surface area contributed by atoms with Crippen molar-refractivity contribution in [1.82, 2.24) is 4.90 Å². The van der Waals surface area contributed by atoms with E-state index in [2.05, 4.69) is 30.1 Å². The van der Waals surface area contributed by atoms with Crippen LogP contribution in [0.3, 0.4) is 0 Å². The Morgan fingerprint density at radius 1 is 1.21 bits per heavy atom. The first-order valence-electron chi connectivity index (χ1n) is 7.16. The van der Waals surface area contributed by atoms with Crippen LogP contribution in [0.1, 0.15) is 37.7 Å². The minimum absolute atomic E-state index is 0.122. The third-order valence-electron chi connectivity index (χ3n) is 3.99. The van der Waals surface area contributed by atoms with Gasteiger partial charge in [0.2, 0.25) is 0 Å². The van der Waals surface area contributed by atoms with Gasteiger partial charge in [-0.3, -0.25) is 4.90 Å². The maximum atomic E-state index is 9.36. The Bertz CT molecular complexity index is 438. The molecule has 1 atom stereocenters. The number of hydrogen-bond donors (Lipinski definition) is 0. The highest BCUT2D eigenvalue weighted by Gasteiger charge is 2.22. The first kappa shape index (κ1) is 13.8. The third-order valence-corrected chi connectivity index (χ3v) is 3.99. The molecule has 100 valence electrons. The van der Waals surface area contributed by atoms with Crippen LogP contribution in [-0.2, 0) is 0 Å². The largest absolute Gasteiger partial charge is 0.285 e. The quantitative estimate of drug-likeness (QED) is 0.816. The Labute approximate surface area is 116 Å². The second-order valence-electron chi connectivity index (χ2n) is 5.30. The summed E-state index contributed by atoms with van der Waals surface area (Å²) in [4.78, 5) is 2.23. The van der Waals surface area contributed by atoms with Crippen LogP contribution in [0.5, 0.6) is 0 Å². The van der Waals surface area contributed by atoms with Crippen LogP contribution < -0.4 is 0 Å². The Morgan fingerprint density at radius 2 is 1.89 bits per heavy atom. The third kappa shape index (κ3) is 3.94. The molecule has 0 N–H and O–H groups in total. The van der Waals surface area contributed by atoms with Gasteiger partial charge in [0.25, 0.3) is 0 Å². The maximum Gasteiger partial charge on any atom is 0.117 e. The van der Waals surface area contributed by atoms with E-state index >= 15 is 0 Å². The minimum atomic E-state index is -0.122. The van der Waals surface area contributed by atoms with E-state index in [1.165, 1.54) is 32.1 Å². The van der Waals surface area contributed by atoms with Crippen molar-refractivity contribution < 1.29 is 0 Å². The molecule has 1 aliphatic carbocycles. The Hall–Kier alpha value is -1.59. The minimum Gasteiger partial charge on any atom is -0.285 e. The number of nitriles is 1. The van der Waals surface area contributed by atoms with Crippen molar-refractivity contribution in [2.45, 2.75) is 44.2 Å². The van der Waals surface area contributed by atoms with Crippen molar-refractivity contribution >= 4 is 6.08 Å². The SMILES string of the molecule is CN(C(C#N)C=Cc1ccccc1)C1CCCCC1. The average Bonchev–Trinajstić information content (AvgIpc) is 2.49. The highest BCUT2D eigenvalue weighted by Crippen LogP contribution is 2.23. The fourth-order valence-corrected chi connectivity index (χ4v) is 2.75. The second kappa shape index (κ2) is 7.11. The lowest BCUT2D eigenvalue weighted by atomic mass is 9.93. The average molecular weight is 254 g/mol. The highest BCUT2D eigenvalue weighted by atomic mass is 15.2. The monoisotopic (exact) mass is 254 g/mol. The number of rotatable bonds is 4. The molecule has 1 unspecified atom stereocenters. The van der Waals surface area contributed by atoms with Crippen molar-refractivity contribution in [1.29, 1.82) is 5.26 Å². The van der Waals surface area contributed by atoms with Crippen LogP contribution in [0.2, 0.25) is 0 Å². The van der Waals surface area contributed by atoms with Gasteiger partial charge in [-0.15, -0.1) is 0 Å². The smallest absolute Gasteiger partial charge is 0.117 e. The molecule has 0 aliphatic heterocycles. The molecule has 0 aromatic heterocycles. The van der Waals surface area contributed by atoms with Crippen LogP contribution in [0.4, 0.5) is 0 Å². The molecule has 0 heterocycles. The highest BCUT2D eigenvalue weighted by molar-refractivity contribution is 5.50. The molecule has 2 heteroatoms. The van der Waals surface area contributed by atoms with Gasteiger partial charge in [0.05, 0.1) is 6.07 Å². The molecule has 1 saturated carbocycles. The molecule has 2 nitrogen and oxygen atoms in total. The van der Waals surface area contributed by atoms with Gasteiger partial charge in [-0.1, -0.05) is 61.7 Å². The number of hydrogen-bond acceptors (Lipinski definition) is 2. The van der Waals surface area contributed by atoms with E-state index in [1.807, 2.05) is 30.4 Å². The zero-order valence-electron chi connectivity index (χ0n) is 11.6. The molecular weight excluding hydrogens is 232 g/mol. The van der Waals surface area contributed by atoms with E-state index in [0.29, 0.717) is 6.04 Å². The summed E-state index contributed by atoms with van der Waals surface area (Å²) < 4.78 is 0. The van der Waals surface area contributed by atoms with E-state index in [1.54, 1.807) is 0 Å². The summed E-state index contributed by atoms with van der Waals surface area (Å²) in [6, 6.07) is 13.0. The van der Waals surface area contributed by atoms with E-state index in [9.17, 15) is 5.26 Å². The summed E-state index contributed by atoms with van der Waals surface area (Å²) >= 11 is 0. The predicted octanol–water partition coefficient (Wildman–Crippen LogP) is 3.86. The van der Waals surface area contributed by atoms with Crippen molar-refractivity contribution in [2.75, 3.05) is 7.05 Å². The van der Waals surface area contributed by atoms with Gasteiger partial charge >= 0.3 is 0 Å². The molecule has 1 aromatic carbocycles. The molecule has 0 radical (unpaired) electrons. The normalized spacial score (nSPS) is 18.6. The lowest BCUT2D eigenvalue weighted by Crippen LogP contribution is -2.39. The summed E-state index contributed by atoms with van der Waals surface area (Å²) in [5.41, 5.74) is 1.15. The summed E-state index contributed by atoms with van der Waals surface area (Å²) in [5, 5.41) is 9.36. The van der Waals surface area contributed by atoms with E-state index < -0.39 is 0 Å². The van der Waals surface area contributed by atoms with Gasteiger partial charge in [-0.05, 0) is 25.5 Å². The predicted molar refractivity (Wildman–Crippen MR) is 79.5 cm³/mol. The van der Waals surface area contributed by atoms with E-state index in [-0.39, 0.29) is 6.04 Å². The lowest BCUT2D eigenvalue weighted by Gasteiger charge is -2.33. The lowest BCUT2D eigenvalue weighted by molar-refractivity contribution is 0.184. The van der Waals surface area contributed by atoms with Crippen molar-refractivity contribution in [3.05, 3.63) is 42.0 Å². The van der Waals surface area contributed by atoms with Gasteiger partial charge in [-0.2, -0.15) is 5.26 Å². The van der Waals surface area contributed by atoms with Gasteiger partial charge in [0.15, 0.2) is 0 Å². The first-order valence-corrected chi connectivity index (χ1v) is 7.16. The van der Waals surface area contributed by atoms with Gasteiger partial charge < -0.3 is 0 Å². The molecule has 1 fully saturated rings. The maximum absolute atomic E-state index is 9.36. The van der Waals surface area contributed by atoms with Gasteiger partial charge in [-0.25, -0.2) is 0 Å². The Morgan fingerprint density at radius 3 is 2.53 bits per heavy atom. The Kier molecular flexibility index (Phi) is 5.18. The van der Waals surface area contributed by atoms with Crippen molar-refractivity contribution in [3.63, 3.8) is 0 Å². The first-order chi connectivity index (χ1) is 9.31. The zero-order chi connectivity index (χ0) is 13.5. The molecule has 0 spiro atoms. The molecule has 1 aromatic rings. The van der Waals surface area contributed by atoms with Gasteiger partial charge in [0.1, 0.15) is 6.04 Å². The fraction of sp³-hybridized carbons (Fsp3) is 0.471. The topological polar surface area (TPSA) is 27.0 Å². The number of benzene rings is 1. The summed E-state index contributed by atoms with van der Waals surface area (Å²) in [7, 11) is 2.08.